The SMILES string of the molecule is N=CNCCCC1C(=O)NC(C(=O)O)CN1C(=O)OCC1c2ccccc2-c2ccccc21. The topological polar surface area (TPSA) is 132 Å². The normalized spacial score (nSPS) is 19.3. The fourth-order valence-corrected chi connectivity index (χ4v) is 4.55. The number of rotatable bonds is 8. The van der Waals surface area contributed by atoms with E-state index in [-0.39, 0.29) is 19.1 Å². The van der Waals surface area contributed by atoms with Gasteiger partial charge in [-0.2, -0.15) is 0 Å². The van der Waals surface area contributed by atoms with Crippen LogP contribution in [0.25, 0.3) is 11.1 Å². The van der Waals surface area contributed by atoms with Crippen molar-refractivity contribution in [2.45, 2.75) is 30.8 Å². The zero-order valence-electron chi connectivity index (χ0n) is 18.0. The summed E-state index contributed by atoms with van der Waals surface area (Å²) in [7, 11) is 0. The molecule has 9 nitrogen and oxygen atoms in total. The molecule has 1 fully saturated rings. The van der Waals surface area contributed by atoms with E-state index < -0.39 is 30.1 Å². The highest BCUT2D eigenvalue weighted by Crippen LogP contribution is 2.44. The van der Waals surface area contributed by atoms with Gasteiger partial charge >= 0.3 is 12.1 Å². The van der Waals surface area contributed by atoms with Crippen LogP contribution in [0.4, 0.5) is 4.79 Å². The largest absolute Gasteiger partial charge is 0.480 e. The van der Waals surface area contributed by atoms with Crippen LogP contribution in [0.1, 0.15) is 29.9 Å². The molecule has 2 amide bonds. The average Bonchev–Trinajstić information content (AvgIpc) is 3.14. The van der Waals surface area contributed by atoms with Crippen LogP contribution in [0.3, 0.4) is 0 Å². The third-order valence-electron chi connectivity index (χ3n) is 6.14. The van der Waals surface area contributed by atoms with E-state index in [0.29, 0.717) is 19.4 Å². The van der Waals surface area contributed by atoms with Gasteiger partial charge in [0.15, 0.2) is 0 Å². The van der Waals surface area contributed by atoms with E-state index in [4.69, 9.17) is 10.1 Å². The maximum Gasteiger partial charge on any atom is 0.410 e. The van der Waals surface area contributed by atoms with Crippen molar-refractivity contribution < 1.29 is 24.2 Å². The Balaban J connectivity index is 1.50. The summed E-state index contributed by atoms with van der Waals surface area (Å²) >= 11 is 0. The van der Waals surface area contributed by atoms with Crippen molar-refractivity contribution in [1.29, 1.82) is 5.41 Å². The van der Waals surface area contributed by atoms with Gasteiger partial charge in [0.05, 0.1) is 12.9 Å². The second kappa shape index (κ2) is 9.72. The van der Waals surface area contributed by atoms with Crippen LogP contribution < -0.4 is 10.6 Å². The number of carboxylic acids is 1. The molecule has 2 aliphatic rings. The number of fused-ring (bicyclic) bond motifs is 3. The first-order valence-electron chi connectivity index (χ1n) is 10.9. The Hall–Kier alpha value is -3.88. The first-order valence-corrected chi connectivity index (χ1v) is 10.9. The first-order chi connectivity index (χ1) is 16.0. The Morgan fingerprint density at radius 2 is 1.79 bits per heavy atom. The zero-order chi connectivity index (χ0) is 23.4. The van der Waals surface area contributed by atoms with Crippen LogP contribution in [0.15, 0.2) is 48.5 Å². The predicted octanol–water partition coefficient (Wildman–Crippen LogP) is 2.17. The molecule has 0 saturated carbocycles. The van der Waals surface area contributed by atoms with Gasteiger partial charge in [0.25, 0.3) is 0 Å². The molecule has 2 unspecified atom stereocenters. The van der Waals surface area contributed by atoms with Crippen molar-refractivity contribution in [3.05, 3.63) is 59.7 Å². The summed E-state index contributed by atoms with van der Waals surface area (Å²) in [5, 5.41) is 21.6. The Kier molecular flexibility index (Phi) is 6.58. The molecule has 0 bridgehead atoms. The highest BCUT2D eigenvalue weighted by Gasteiger charge is 2.41. The molecule has 9 heteroatoms. The molecule has 4 rings (SSSR count). The number of carbonyl (C=O) groups excluding carboxylic acids is 2. The summed E-state index contributed by atoms with van der Waals surface area (Å²) in [6.45, 7) is 0.388. The zero-order valence-corrected chi connectivity index (χ0v) is 18.0. The Labute approximate surface area is 191 Å². The van der Waals surface area contributed by atoms with Crippen LogP contribution in [0.5, 0.6) is 0 Å². The Morgan fingerprint density at radius 1 is 1.15 bits per heavy atom. The number of ether oxygens (including phenoxy) is 1. The maximum absolute atomic E-state index is 13.1. The number of carboxylic acid groups (broad SMARTS) is 1. The Morgan fingerprint density at radius 3 is 2.39 bits per heavy atom. The molecular weight excluding hydrogens is 424 g/mol. The third-order valence-corrected chi connectivity index (χ3v) is 6.14. The molecule has 2 aromatic carbocycles. The maximum atomic E-state index is 13.1. The average molecular weight is 450 g/mol. The molecule has 1 aliphatic heterocycles. The third kappa shape index (κ3) is 4.52. The van der Waals surface area contributed by atoms with Crippen molar-refractivity contribution in [2.24, 2.45) is 0 Å². The molecule has 0 radical (unpaired) electrons. The van der Waals surface area contributed by atoms with Gasteiger partial charge in [0.1, 0.15) is 18.7 Å². The van der Waals surface area contributed by atoms with E-state index in [1.54, 1.807) is 0 Å². The minimum atomic E-state index is -1.20. The van der Waals surface area contributed by atoms with Gasteiger partial charge in [-0.3, -0.25) is 15.1 Å². The Bertz CT molecular complexity index is 1030. The number of aliphatic carboxylic acids is 1. The fraction of sp³-hybridized carbons (Fsp3) is 0.333. The molecule has 2 atom stereocenters. The highest BCUT2D eigenvalue weighted by molar-refractivity contribution is 5.91. The van der Waals surface area contributed by atoms with Gasteiger partial charge in [-0.05, 0) is 35.1 Å². The first kappa shape index (κ1) is 22.3. The number of benzene rings is 2. The summed E-state index contributed by atoms with van der Waals surface area (Å²) in [4.78, 5) is 38.4. The molecule has 1 aliphatic carbocycles. The van der Waals surface area contributed by atoms with Crippen molar-refractivity contribution >= 4 is 24.3 Å². The molecule has 2 aromatic rings. The number of nitrogens with one attached hydrogen (secondary N) is 3. The lowest BCUT2D eigenvalue weighted by atomic mass is 9.98. The number of nitrogens with zero attached hydrogens (tertiary/aromatic N) is 1. The highest BCUT2D eigenvalue weighted by atomic mass is 16.6. The van der Waals surface area contributed by atoms with Gasteiger partial charge in [0.2, 0.25) is 5.91 Å². The monoisotopic (exact) mass is 450 g/mol. The standard InChI is InChI=1S/C24H26N4O5/c25-14-26-11-5-10-21-22(29)27-20(23(30)31)12-28(21)24(32)33-13-19-17-8-3-1-6-15(17)16-7-2-4-9-18(16)19/h1-4,6-9,14,19-21H,5,10-13H2,(H2,25,26)(H,27,29)(H,30,31). The summed E-state index contributed by atoms with van der Waals surface area (Å²) < 4.78 is 5.68. The van der Waals surface area contributed by atoms with E-state index in [1.807, 2.05) is 48.5 Å². The molecule has 172 valence electrons. The summed E-state index contributed by atoms with van der Waals surface area (Å²) in [5.74, 6) is -1.86. The molecule has 0 spiro atoms. The summed E-state index contributed by atoms with van der Waals surface area (Å²) in [5.41, 5.74) is 4.35. The lowest BCUT2D eigenvalue weighted by molar-refractivity contribution is -0.146. The molecule has 33 heavy (non-hydrogen) atoms. The second-order valence-corrected chi connectivity index (χ2v) is 8.11. The van der Waals surface area contributed by atoms with Gasteiger partial charge in [-0.1, -0.05) is 48.5 Å². The van der Waals surface area contributed by atoms with Crippen molar-refractivity contribution in [2.75, 3.05) is 19.7 Å². The second-order valence-electron chi connectivity index (χ2n) is 8.11. The fourth-order valence-electron chi connectivity index (χ4n) is 4.55. The van der Waals surface area contributed by atoms with Crippen LogP contribution in [0.2, 0.25) is 0 Å². The van der Waals surface area contributed by atoms with E-state index in [2.05, 4.69) is 10.6 Å². The molecular formula is C24H26N4O5. The van der Waals surface area contributed by atoms with Gasteiger partial charge in [-0.25, -0.2) is 9.59 Å². The predicted molar refractivity (Wildman–Crippen MR) is 121 cm³/mol. The van der Waals surface area contributed by atoms with E-state index >= 15 is 0 Å². The minimum absolute atomic E-state index is 0.0881. The smallest absolute Gasteiger partial charge is 0.410 e. The van der Waals surface area contributed by atoms with Crippen molar-refractivity contribution in [3.8, 4) is 11.1 Å². The number of carbonyl (C=O) groups is 3. The minimum Gasteiger partial charge on any atom is -0.480 e. The quantitative estimate of drug-likeness (QED) is 0.277. The molecule has 4 N–H and O–H groups in total. The number of amides is 2. The van der Waals surface area contributed by atoms with E-state index in [1.165, 1.54) is 4.90 Å². The lowest BCUT2D eigenvalue weighted by Crippen LogP contribution is -2.63. The van der Waals surface area contributed by atoms with Gasteiger partial charge < -0.3 is 20.5 Å². The van der Waals surface area contributed by atoms with Crippen LogP contribution in [-0.2, 0) is 14.3 Å². The van der Waals surface area contributed by atoms with Crippen LogP contribution >= 0.6 is 0 Å². The van der Waals surface area contributed by atoms with Crippen molar-refractivity contribution in [3.63, 3.8) is 0 Å². The van der Waals surface area contributed by atoms with E-state index in [9.17, 15) is 19.5 Å². The molecule has 1 saturated heterocycles. The van der Waals surface area contributed by atoms with E-state index in [0.717, 1.165) is 28.6 Å². The van der Waals surface area contributed by atoms with Crippen LogP contribution in [-0.4, -0.2) is 66.1 Å². The van der Waals surface area contributed by atoms with Gasteiger partial charge in [0, 0.05) is 12.5 Å². The summed E-state index contributed by atoms with van der Waals surface area (Å²) in [6, 6.07) is 13.9. The molecule has 0 aromatic heterocycles. The lowest BCUT2D eigenvalue weighted by Gasteiger charge is -2.37. The number of hydrogen-bond donors (Lipinski definition) is 4. The van der Waals surface area contributed by atoms with Crippen LogP contribution in [0, 0.1) is 5.41 Å². The number of piperazine rings is 1. The summed E-state index contributed by atoms with van der Waals surface area (Å²) in [6.07, 6.45) is 1.20. The number of hydrogen-bond acceptors (Lipinski definition) is 5. The molecule has 1 heterocycles. The van der Waals surface area contributed by atoms with Crippen molar-refractivity contribution in [1.82, 2.24) is 15.5 Å². The van der Waals surface area contributed by atoms with Gasteiger partial charge in [-0.15, -0.1) is 0 Å².